The Labute approximate surface area is 195 Å². The normalized spacial score (nSPS) is 25.4. The first kappa shape index (κ1) is 21.8. The van der Waals surface area contributed by atoms with E-state index in [1.807, 2.05) is 42.5 Å². The number of methoxy groups -OCH3 is 1. The van der Waals surface area contributed by atoms with Crippen molar-refractivity contribution in [2.75, 3.05) is 12.4 Å². The van der Waals surface area contributed by atoms with Gasteiger partial charge in [0.25, 0.3) is 5.69 Å². The minimum atomic E-state index is -1.13. The number of carbonyl (C=O) groups excluding carboxylic acids is 3. The van der Waals surface area contributed by atoms with Gasteiger partial charge in [0.2, 0.25) is 17.7 Å². The maximum absolute atomic E-state index is 13.5. The standard InChI is InChI=1S/C25H23N3O6/c1-34-17-9-10-18(19(13-17)28(32)33)26-23(29)20(11-14-5-3-2-4-6-14)27-24(30)21-15-7-8-16(12-15)22(21)25(27)31/h2-10,13,15-16,20-22H,11-12H2,1H3,(H,26,29)/t15-,16+,20-,21-,22+/m0/s1. The number of nitro benzene ring substituents is 1. The largest absolute Gasteiger partial charge is 0.496 e. The average molecular weight is 461 g/mol. The van der Waals surface area contributed by atoms with Gasteiger partial charge in [-0.2, -0.15) is 0 Å². The number of allylic oxidation sites excluding steroid dienone is 2. The highest BCUT2D eigenvalue weighted by atomic mass is 16.6. The summed E-state index contributed by atoms with van der Waals surface area (Å²) in [6.07, 6.45) is 4.88. The number of benzene rings is 2. The molecule has 5 atom stereocenters. The highest BCUT2D eigenvalue weighted by molar-refractivity contribution is 6.11. The molecular formula is C25H23N3O6. The first-order valence-corrected chi connectivity index (χ1v) is 11.1. The van der Waals surface area contributed by atoms with Crippen molar-refractivity contribution in [3.8, 4) is 5.75 Å². The third kappa shape index (κ3) is 3.53. The van der Waals surface area contributed by atoms with Gasteiger partial charge in [0.15, 0.2) is 0 Å². The van der Waals surface area contributed by atoms with E-state index in [-0.39, 0.29) is 47.2 Å². The van der Waals surface area contributed by atoms with Gasteiger partial charge in [-0.3, -0.25) is 29.4 Å². The number of nitrogens with one attached hydrogen (secondary N) is 1. The topological polar surface area (TPSA) is 119 Å². The summed E-state index contributed by atoms with van der Waals surface area (Å²) in [7, 11) is 1.39. The molecule has 0 unspecified atom stereocenters. The predicted molar refractivity (Wildman–Crippen MR) is 122 cm³/mol. The van der Waals surface area contributed by atoms with E-state index in [1.54, 1.807) is 0 Å². The summed E-state index contributed by atoms with van der Waals surface area (Å²) < 4.78 is 5.05. The molecule has 1 aliphatic heterocycles. The van der Waals surface area contributed by atoms with Crippen LogP contribution in [-0.4, -0.2) is 40.7 Å². The molecule has 2 aromatic rings. The number of carbonyl (C=O) groups is 3. The fourth-order valence-corrected chi connectivity index (χ4v) is 5.48. The van der Waals surface area contributed by atoms with Crippen molar-refractivity contribution in [1.29, 1.82) is 0 Å². The lowest BCUT2D eigenvalue weighted by Gasteiger charge is -2.27. The minimum absolute atomic E-state index is 0.0135. The van der Waals surface area contributed by atoms with E-state index < -0.39 is 28.7 Å². The molecule has 9 nitrogen and oxygen atoms in total. The molecule has 34 heavy (non-hydrogen) atoms. The Balaban J connectivity index is 1.48. The number of likely N-dealkylation sites (tertiary alicyclic amines) is 1. The number of hydrogen-bond acceptors (Lipinski definition) is 6. The summed E-state index contributed by atoms with van der Waals surface area (Å²) in [5, 5.41) is 14.2. The van der Waals surface area contributed by atoms with Crippen molar-refractivity contribution in [1.82, 2.24) is 4.90 Å². The van der Waals surface area contributed by atoms with Crippen LogP contribution < -0.4 is 10.1 Å². The smallest absolute Gasteiger partial charge is 0.296 e. The van der Waals surface area contributed by atoms with E-state index in [4.69, 9.17) is 4.74 Å². The Hall–Kier alpha value is -4.01. The van der Waals surface area contributed by atoms with Crippen molar-refractivity contribution < 1.29 is 24.0 Å². The molecule has 2 fully saturated rings. The Kier molecular flexibility index (Phi) is 5.39. The number of rotatable bonds is 7. The zero-order chi connectivity index (χ0) is 24.0. The number of ether oxygens (including phenoxy) is 1. The highest BCUT2D eigenvalue weighted by Gasteiger charge is 2.61. The van der Waals surface area contributed by atoms with Gasteiger partial charge in [0.05, 0.1) is 29.9 Å². The lowest BCUT2D eigenvalue weighted by Crippen LogP contribution is -2.49. The molecule has 3 aliphatic rings. The third-order valence-electron chi connectivity index (χ3n) is 7.05. The molecule has 0 spiro atoms. The number of fused-ring (bicyclic) bond motifs is 5. The quantitative estimate of drug-likeness (QED) is 0.293. The summed E-state index contributed by atoms with van der Waals surface area (Å²) in [4.78, 5) is 52.4. The molecule has 2 bridgehead atoms. The molecule has 1 heterocycles. The number of hydrogen-bond donors (Lipinski definition) is 1. The van der Waals surface area contributed by atoms with Crippen LogP contribution in [0.1, 0.15) is 12.0 Å². The molecular weight excluding hydrogens is 438 g/mol. The second kappa shape index (κ2) is 8.40. The second-order valence-corrected chi connectivity index (χ2v) is 8.88. The van der Waals surface area contributed by atoms with E-state index >= 15 is 0 Å². The summed E-state index contributed by atoms with van der Waals surface area (Å²) >= 11 is 0. The van der Waals surface area contributed by atoms with Crippen molar-refractivity contribution >= 4 is 29.1 Å². The Morgan fingerprint density at radius 2 is 1.76 bits per heavy atom. The zero-order valence-corrected chi connectivity index (χ0v) is 18.4. The maximum atomic E-state index is 13.5. The molecule has 1 N–H and O–H groups in total. The predicted octanol–water partition coefficient (Wildman–Crippen LogP) is 2.96. The van der Waals surface area contributed by atoms with Gasteiger partial charge in [-0.1, -0.05) is 42.5 Å². The van der Waals surface area contributed by atoms with Crippen LogP contribution in [0.2, 0.25) is 0 Å². The summed E-state index contributed by atoms with van der Waals surface area (Å²) in [5.74, 6) is -1.92. The van der Waals surface area contributed by atoms with Gasteiger partial charge in [0.1, 0.15) is 17.5 Å². The van der Waals surface area contributed by atoms with Crippen LogP contribution >= 0.6 is 0 Å². The monoisotopic (exact) mass is 461 g/mol. The molecule has 3 amide bonds. The number of amides is 3. The van der Waals surface area contributed by atoms with Crippen LogP contribution in [0, 0.1) is 33.8 Å². The lowest BCUT2D eigenvalue weighted by atomic mass is 9.85. The third-order valence-corrected chi connectivity index (χ3v) is 7.05. The molecule has 1 saturated heterocycles. The molecule has 0 aromatic heterocycles. The Morgan fingerprint density at radius 1 is 1.12 bits per heavy atom. The van der Waals surface area contributed by atoms with Crippen molar-refractivity contribution in [3.63, 3.8) is 0 Å². The lowest BCUT2D eigenvalue weighted by molar-refractivity contribution is -0.384. The molecule has 2 aliphatic carbocycles. The van der Waals surface area contributed by atoms with Gasteiger partial charge in [-0.05, 0) is 36.0 Å². The van der Waals surface area contributed by atoms with Crippen LogP contribution in [0.15, 0.2) is 60.7 Å². The van der Waals surface area contributed by atoms with E-state index in [1.165, 1.54) is 25.3 Å². The van der Waals surface area contributed by atoms with Crippen molar-refractivity contribution in [2.45, 2.75) is 18.9 Å². The minimum Gasteiger partial charge on any atom is -0.496 e. The van der Waals surface area contributed by atoms with E-state index in [9.17, 15) is 24.5 Å². The first-order valence-electron chi connectivity index (χ1n) is 11.1. The van der Waals surface area contributed by atoms with Crippen molar-refractivity contribution in [3.05, 3.63) is 76.4 Å². The van der Waals surface area contributed by atoms with Crippen LogP contribution in [0.3, 0.4) is 0 Å². The van der Waals surface area contributed by atoms with Crippen LogP contribution in [0.25, 0.3) is 0 Å². The average Bonchev–Trinajstić information content (AvgIpc) is 3.52. The van der Waals surface area contributed by atoms with Crippen LogP contribution in [0.4, 0.5) is 11.4 Å². The summed E-state index contributed by atoms with van der Waals surface area (Å²) in [6.45, 7) is 0. The Morgan fingerprint density at radius 3 is 2.35 bits per heavy atom. The van der Waals surface area contributed by atoms with E-state index in [0.29, 0.717) is 0 Å². The van der Waals surface area contributed by atoms with E-state index in [0.717, 1.165) is 16.9 Å². The van der Waals surface area contributed by atoms with Crippen LogP contribution in [0.5, 0.6) is 5.75 Å². The Bertz CT molecular complexity index is 1180. The zero-order valence-electron chi connectivity index (χ0n) is 18.4. The first-order chi connectivity index (χ1) is 16.4. The number of nitrogens with zero attached hydrogens (tertiary/aromatic N) is 2. The maximum Gasteiger partial charge on any atom is 0.296 e. The van der Waals surface area contributed by atoms with Gasteiger partial charge >= 0.3 is 0 Å². The molecule has 2 aromatic carbocycles. The second-order valence-electron chi connectivity index (χ2n) is 8.88. The molecule has 174 valence electrons. The number of nitro groups is 1. The van der Waals surface area contributed by atoms with Gasteiger partial charge < -0.3 is 10.1 Å². The summed E-state index contributed by atoms with van der Waals surface area (Å²) in [6, 6.07) is 12.0. The highest BCUT2D eigenvalue weighted by Crippen LogP contribution is 2.53. The fraction of sp³-hybridized carbons (Fsp3) is 0.320. The molecule has 1 saturated carbocycles. The fourth-order valence-electron chi connectivity index (χ4n) is 5.48. The molecule has 0 radical (unpaired) electrons. The summed E-state index contributed by atoms with van der Waals surface area (Å²) in [5.41, 5.74) is 0.393. The van der Waals surface area contributed by atoms with Gasteiger partial charge in [-0.25, -0.2) is 0 Å². The SMILES string of the molecule is COc1ccc(NC(=O)[C@H](Cc2ccccc2)N2C(=O)[C@@H]3[C@H](C2=O)[C@@H]2C=C[C@H]3C2)c([N+](=O)[O-])c1. The van der Waals surface area contributed by atoms with Gasteiger partial charge in [0, 0.05) is 6.42 Å². The van der Waals surface area contributed by atoms with Crippen LogP contribution in [-0.2, 0) is 20.8 Å². The van der Waals surface area contributed by atoms with Crippen molar-refractivity contribution in [2.24, 2.45) is 23.7 Å². The number of imide groups is 1. The van der Waals surface area contributed by atoms with Gasteiger partial charge in [-0.15, -0.1) is 0 Å². The molecule has 9 heteroatoms. The number of anilines is 1. The van der Waals surface area contributed by atoms with E-state index in [2.05, 4.69) is 5.32 Å². The molecule has 5 rings (SSSR count).